The van der Waals surface area contributed by atoms with Crippen molar-refractivity contribution in [1.29, 1.82) is 0 Å². The molecule has 3 nitrogen and oxygen atoms in total. The van der Waals surface area contributed by atoms with Crippen LogP contribution in [-0.4, -0.2) is 21.7 Å². The second-order valence-electron chi connectivity index (χ2n) is 5.00. The maximum atomic E-state index is 12.8. The number of thioether (sulfide) groups is 1. The van der Waals surface area contributed by atoms with E-state index >= 15 is 0 Å². The summed E-state index contributed by atoms with van der Waals surface area (Å²) in [5, 5.41) is -0.0621. The molecule has 1 aromatic heterocycles. The topological polar surface area (TPSA) is 27.1 Å². The van der Waals surface area contributed by atoms with Crippen LogP contribution in [0.5, 0.6) is 0 Å². The maximum Gasteiger partial charge on any atom is 0.449 e. The molecule has 1 unspecified atom stereocenters. The molecule has 0 fully saturated rings. The third-order valence-electron chi connectivity index (χ3n) is 3.56. The van der Waals surface area contributed by atoms with Gasteiger partial charge in [-0.2, -0.15) is 13.2 Å². The molecule has 0 saturated carbocycles. The van der Waals surface area contributed by atoms with Crippen molar-refractivity contribution in [3.05, 3.63) is 35.5 Å². The molecule has 118 valence electrons. The van der Waals surface area contributed by atoms with Crippen LogP contribution in [0.1, 0.15) is 31.3 Å². The highest BCUT2D eigenvalue weighted by atomic mass is 32.2. The number of halogens is 3. The molecule has 1 aliphatic rings. The fraction of sp³-hybridized carbons (Fsp3) is 0.400. The lowest BCUT2D eigenvalue weighted by Gasteiger charge is -2.19. The summed E-state index contributed by atoms with van der Waals surface area (Å²) in [6, 6.07) is 7.70. The summed E-state index contributed by atoms with van der Waals surface area (Å²) in [7, 11) is 0. The summed E-state index contributed by atoms with van der Waals surface area (Å²) < 4.78 is 45.5. The molecular weight excluding hydrogens is 313 g/mol. The zero-order valence-electron chi connectivity index (χ0n) is 12.1. The third kappa shape index (κ3) is 2.75. The fourth-order valence-electron chi connectivity index (χ4n) is 2.78. The van der Waals surface area contributed by atoms with Crippen LogP contribution in [0, 0.1) is 0 Å². The third-order valence-corrected chi connectivity index (χ3v) is 4.26. The van der Waals surface area contributed by atoms with E-state index in [2.05, 4.69) is 4.98 Å². The van der Waals surface area contributed by atoms with Crippen LogP contribution >= 0.6 is 11.8 Å². The number of alkyl halides is 3. The monoisotopic (exact) mass is 328 g/mol. The first-order valence-corrected chi connectivity index (χ1v) is 7.79. The van der Waals surface area contributed by atoms with E-state index in [1.54, 1.807) is 11.5 Å². The number of fused-ring (bicyclic) bond motifs is 3. The molecule has 0 spiro atoms. The Morgan fingerprint density at radius 3 is 2.77 bits per heavy atom. The average Bonchev–Trinajstić information content (AvgIpc) is 2.92. The predicted molar refractivity (Wildman–Crippen MR) is 78.7 cm³/mol. The van der Waals surface area contributed by atoms with Gasteiger partial charge in [-0.3, -0.25) is 4.57 Å². The molecule has 3 rings (SSSR count). The highest BCUT2D eigenvalue weighted by Gasteiger charge is 2.36. The van der Waals surface area contributed by atoms with Crippen LogP contribution in [0.25, 0.3) is 11.3 Å². The zero-order valence-corrected chi connectivity index (χ0v) is 13.0. The Bertz CT molecular complexity index is 697. The number of aromatic nitrogens is 2. The second-order valence-corrected chi connectivity index (χ2v) is 6.03. The normalized spacial score (nSPS) is 14.8. The van der Waals surface area contributed by atoms with E-state index in [0.29, 0.717) is 18.7 Å². The predicted octanol–water partition coefficient (Wildman–Crippen LogP) is 4.62. The summed E-state index contributed by atoms with van der Waals surface area (Å²) in [5.74, 6) is 0. The van der Waals surface area contributed by atoms with Gasteiger partial charge in [-0.1, -0.05) is 24.3 Å². The lowest BCUT2D eigenvalue weighted by atomic mass is 10.1. The van der Waals surface area contributed by atoms with Crippen LogP contribution in [0.15, 0.2) is 29.4 Å². The molecule has 1 heterocycles. The van der Waals surface area contributed by atoms with E-state index < -0.39 is 11.7 Å². The van der Waals surface area contributed by atoms with Crippen LogP contribution in [-0.2, 0) is 11.2 Å². The van der Waals surface area contributed by atoms with E-state index in [0.717, 1.165) is 16.8 Å². The molecule has 2 aromatic rings. The highest BCUT2D eigenvalue weighted by Crippen LogP contribution is 2.44. The number of rotatable bonds is 4. The van der Waals surface area contributed by atoms with Crippen molar-refractivity contribution in [2.24, 2.45) is 0 Å². The molecule has 0 amide bonds. The summed E-state index contributed by atoms with van der Waals surface area (Å²) in [6.07, 6.45) is 0.0558. The smallest absolute Gasteiger partial charge is 0.359 e. The van der Waals surface area contributed by atoms with Gasteiger partial charge in [0.05, 0.1) is 11.4 Å². The summed E-state index contributed by atoms with van der Waals surface area (Å²) in [6.45, 7) is 3.98. The Morgan fingerprint density at radius 1 is 1.36 bits per heavy atom. The number of imidazole rings is 1. The molecule has 1 aliphatic carbocycles. The molecule has 1 atom stereocenters. The molecule has 0 bridgehead atoms. The molecule has 22 heavy (non-hydrogen) atoms. The number of benzene rings is 1. The Kier molecular flexibility index (Phi) is 3.94. The van der Waals surface area contributed by atoms with Crippen molar-refractivity contribution >= 4 is 11.8 Å². The van der Waals surface area contributed by atoms with Gasteiger partial charge in [0.25, 0.3) is 0 Å². The van der Waals surface area contributed by atoms with Gasteiger partial charge in [-0.25, -0.2) is 4.98 Å². The van der Waals surface area contributed by atoms with E-state index in [9.17, 15) is 13.2 Å². The van der Waals surface area contributed by atoms with Crippen LogP contribution in [0.3, 0.4) is 0 Å². The van der Waals surface area contributed by atoms with Gasteiger partial charge < -0.3 is 4.74 Å². The fourth-order valence-corrected chi connectivity index (χ4v) is 3.48. The number of ether oxygens (including phenoxy) is 1. The van der Waals surface area contributed by atoms with Crippen molar-refractivity contribution in [3.63, 3.8) is 0 Å². The molecular formula is C15H15F3N2OS. The lowest BCUT2D eigenvalue weighted by Crippen LogP contribution is -2.13. The first-order chi connectivity index (χ1) is 10.4. The molecule has 0 radical (unpaired) electrons. The van der Waals surface area contributed by atoms with Gasteiger partial charge in [-0.05, 0) is 19.4 Å². The summed E-state index contributed by atoms with van der Waals surface area (Å²) in [5.41, 5.74) is -0.933. The van der Waals surface area contributed by atoms with E-state index in [-0.39, 0.29) is 16.9 Å². The summed E-state index contributed by atoms with van der Waals surface area (Å²) >= 11 is -0.188. The highest BCUT2D eigenvalue weighted by molar-refractivity contribution is 8.00. The van der Waals surface area contributed by atoms with Crippen molar-refractivity contribution in [2.45, 2.75) is 37.2 Å². The van der Waals surface area contributed by atoms with Gasteiger partial charge in [0.2, 0.25) is 0 Å². The van der Waals surface area contributed by atoms with Crippen LogP contribution in [0.4, 0.5) is 13.2 Å². The molecule has 0 N–H and O–H groups in total. The van der Waals surface area contributed by atoms with Gasteiger partial charge in [0.1, 0.15) is 6.23 Å². The van der Waals surface area contributed by atoms with Crippen LogP contribution < -0.4 is 0 Å². The second kappa shape index (κ2) is 5.62. The SMILES string of the molecule is CCOC(C)n1c(SC(F)(F)F)nc2c1-c1ccccc1C2. The Hall–Kier alpha value is -1.47. The molecule has 7 heteroatoms. The maximum absolute atomic E-state index is 12.8. The first kappa shape index (κ1) is 15.4. The Morgan fingerprint density at radius 2 is 2.09 bits per heavy atom. The number of nitrogens with zero attached hydrogens (tertiary/aromatic N) is 2. The van der Waals surface area contributed by atoms with Crippen molar-refractivity contribution in [3.8, 4) is 11.3 Å². The minimum atomic E-state index is -4.37. The van der Waals surface area contributed by atoms with E-state index in [1.165, 1.54) is 0 Å². The zero-order chi connectivity index (χ0) is 15.9. The number of hydrogen-bond acceptors (Lipinski definition) is 3. The average molecular weight is 328 g/mol. The van der Waals surface area contributed by atoms with Gasteiger partial charge in [0, 0.05) is 30.4 Å². The van der Waals surface area contributed by atoms with Crippen molar-refractivity contribution in [2.75, 3.05) is 6.61 Å². The van der Waals surface area contributed by atoms with Crippen molar-refractivity contribution in [1.82, 2.24) is 9.55 Å². The largest absolute Gasteiger partial charge is 0.449 e. The number of hydrogen-bond donors (Lipinski definition) is 0. The van der Waals surface area contributed by atoms with Gasteiger partial charge in [-0.15, -0.1) is 0 Å². The van der Waals surface area contributed by atoms with E-state index in [4.69, 9.17) is 4.74 Å². The first-order valence-electron chi connectivity index (χ1n) is 6.97. The standard InChI is InChI=1S/C15H15F3N2OS/c1-3-21-9(2)20-13-11-7-5-4-6-10(11)8-12(13)19-14(20)22-15(16,17)18/h4-7,9H,3,8H2,1-2H3. The molecule has 1 aromatic carbocycles. The quantitative estimate of drug-likeness (QED) is 0.654. The lowest BCUT2D eigenvalue weighted by molar-refractivity contribution is -0.0338. The Labute approximate surface area is 130 Å². The summed E-state index contributed by atoms with van der Waals surface area (Å²) in [4.78, 5) is 4.22. The molecule has 0 saturated heterocycles. The van der Waals surface area contributed by atoms with Crippen molar-refractivity contribution < 1.29 is 17.9 Å². The minimum Gasteiger partial charge on any atom is -0.359 e. The van der Waals surface area contributed by atoms with Crippen LogP contribution in [0.2, 0.25) is 0 Å². The van der Waals surface area contributed by atoms with E-state index in [1.807, 2.05) is 31.2 Å². The van der Waals surface area contributed by atoms with Gasteiger partial charge >= 0.3 is 5.51 Å². The van der Waals surface area contributed by atoms with Gasteiger partial charge in [0.15, 0.2) is 5.16 Å². The molecule has 0 aliphatic heterocycles. The Balaban J connectivity index is 2.12. The minimum absolute atomic E-state index is 0.0621.